The highest BCUT2D eigenvalue weighted by molar-refractivity contribution is 5.71. The molecule has 0 aromatic rings. The van der Waals surface area contributed by atoms with Gasteiger partial charge in [-0.25, -0.2) is 0 Å². The van der Waals surface area contributed by atoms with E-state index in [1.165, 1.54) is 173 Å². The fourth-order valence-corrected chi connectivity index (χ4v) is 7.21. The van der Waals surface area contributed by atoms with E-state index in [4.69, 9.17) is 14.2 Å². The van der Waals surface area contributed by atoms with Gasteiger partial charge in [-0.2, -0.15) is 0 Å². The Morgan fingerprint density at radius 2 is 0.500 bits per heavy atom. The largest absolute Gasteiger partial charge is 0.462 e. The van der Waals surface area contributed by atoms with Gasteiger partial charge in [0.05, 0.1) is 0 Å². The number of esters is 3. The SMILES string of the molecule is CCCCCCCCCCCCCCCCCCCC(=O)OCC(COC(=O)CCCCCCCCC)OC(=O)CCCCCCCCCCCCCC. The predicted molar refractivity (Wildman–Crippen MR) is 229 cm³/mol. The maximum atomic E-state index is 12.7. The first-order chi connectivity index (χ1) is 26.5. The van der Waals surface area contributed by atoms with Crippen molar-refractivity contribution in [1.82, 2.24) is 0 Å². The van der Waals surface area contributed by atoms with Crippen LogP contribution in [0.25, 0.3) is 0 Å². The summed E-state index contributed by atoms with van der Waals surface area (Å²) in [7, 11) is 0. The monoisotopic (exact) mass is 765 g/mol. The molecule has 1 atom stereocenters. The predicted octanol–water partition coefficient (Wildman–Crippen LogP) is 15.3. The summed E-state index contributed by atoms with van der Waals surface area (Å²) in [5.41, 5.74) is 0. The lowest BCUT2D eigenvalue weighted by atomic mass is 10.0. The smallest absolute Gasteiger partial charge is 0.306 e. The maximum absolute atomic E-state index is 12.7. The molecule has 1 unspecified atom stereocenters. The fourth-order valence-electron chi connectivity index (χ4n) is 7.21. The van der Waals surface area contributed by atoms with Gasteiger partial charge in [-0.3, -0.25) is 14.4 Å². The molecule has 0 amide bonds. The summed E-state index contributed by atoms with van der Waals surface area (Å²) in [4.78, 5) is 37.6. The van der Waals surface area contributed by atoms with E-state index in [-0.39, 0.29) is 31.1 Å². The minimum absolute atomic E-state index is 0.0628. The van der Waals surface area contributed by atoms with Gasteiger partial charge >= 0.3 is 17.9 Å². The average molecular weight is 765 g/mol. The van der Waals surface area contributed by atoms with Crippen molar-refractivity contribution in [3.05, 3.63) is 0 Å². The van der Waals surface area contributed by atoms with Crippen molar-refractivity contribution in [1.29, 1.82) is 0 Å². The number of unbranched alkanes of at least 4 members (excludes halogenated alkanes) is 33. The Balaban J connectivity index is 4.20. The van der Waals surface area contributed by atoms with E-state index in [1.54, 1.807) is 0 Å². The fraction of sp³-hybridized carbons (Fsp3) is 0.938. The first-order valence-electron chi connectivity index (χ1n) is 24.0. The second kappa shape index (κ2) is 44.1. The maximum Gasteiger partial charge on any atom is 0.306 e. The van der Waals surface area contributed by atoms with Crippen molar-refractivity contribution in [2.75, 3.05) is 13.2 Å². The third-order valence-corrected chi connectivity index (χ3v) is 10.9. The van der Waals surface area contributed by atoms with Gasteiger partial charge < -0.3 is 14.2 Å². The molecule has 0 saturated carbocycles. The van der Waals surface area contributed by atoms with Gasteiger partial charge in [0, 0.05) is 19.3 Å². The quantitative estimate of drug-likeness (QED) is 0.0349. The van der Waals surface area contributed by atoms with Crippen LogP contribution in [0.3, 0.4) is 0 Å². The molecule has 0 heterocycles. The van der Waals surface area contributed by atoms with Crippen LogP contribution in [0.5, 0.6) is 0 Å². The highest BCUT2D eigenvalue weighted by Gasteiger charge is 2.19. The second-order valence-corrected chi connectivity index (χ2v) is 16.4. The molecule has 0 radical (unpaired) electrons. The molecule has 0 spiro atoms. The molecule has 6 nitrogen and oxygen atoms in total. The number of rotatable bonds is 44. The molecule has 320 valence electrons. The number of hydrogen-bond donors (Lipinski definition) is 0. The zero-order valence-electron chi connectivity index (χ0n) is 36.5. The third-order valence-electron chi connectivity index (χ3n) is 10.9. The highest BCUT2D eigenvalue weighted by Crippen LogP contribution is 2.16. The van der Waals surface area contributed by atoms with E-state index < -0.39 is 6.10 Å². The molecule has 0 fully saturated rings. The minimum Gasteiger partial charge on any atom is -0.462 e. The van der Waals surface area contributed by atoms with Crippen molar-refractivity contribution >= 4 is 17.9 Å². The van der Waals surface area contributed by atoms with Crippen LogP contribution in [0.1, 0.15) is 271 Å². The topological polar surface area (TPSA) is 78.9 Å². The third kappa shape index (κ3) is 41.6. The summed E-state index contributed by atoms with van der Waals surface area (Å²) in [5, 5.41) is 0. The van der Waals surface area contributed by atoms with Crippen LogP contribution in [0.2, 0.25) is 0 Å². The molecule has 0 aliphatic heterocycles. The Morgan fingerprint density at radius 1 is 0.296 bits per heavy atom. The van der Waals surface area contributed by atoms with Gasteiger partial charge in [0.1, 0.15) is 13.2 Å². The van der Waals surface area contributed by atoms with E-state index in [1.807, 2.05) is 0 Å². The lowest BCUT2D eigenvalue weighted by molar-refractivity contribution is -0.167. The van der Waals surface area contributed by atoms with Gasteiger partial charge in [0.2, 0.25) is 0 Å². The Morgan fingerprint density at radius 3 is 0.741 bits per heavy atom. The van der Waals surface area contributed by atoms with Crippen molar-refractivity contribution in [3.8, 4) is 0 Å². The Labute approximate surface area is 336 Å². The van der Waals surface area contributed by atoms with E-state index in [2.05, 4.69) is 20.8 Å². The summed E-state index contributed by atoms with van der Waals surface area (Å²) in [6.45, 7) is 6.62. The second-order valence-electron chi connectivity index (χ2n) is 16.4. The molecule has 0 aromatic carbocycles. The number of carbonyl (C=O) groups is 3. The number of hydrogen-bond acceptors (Lipinski definition) is 6. The number of carbonyl (C=O) groups excluding carboxylic acids is 3. The molecule has 0 aliphatic rings. The molecule has 0 rings (SSSR count). The van der Waals surface area contributed by atoms with Crippen LogP contribution in [0, 0.1) is 0 Å². The first-order valence-corrected chi connectivity index (χ1v) is 24.0. The van der Waals surface area contributed by atoms with Gasteiger partial charge in [0.15, 0.2) is 6.10 Å². The molecular formula is C48H92O6. The molecule has 0 bridgehead atoms. The molecular weight excluding hydrogens is 673 g/mol. The van der Waals surface area contributed by atoms with E-state index in [0.717, 1.165) is 57.8 Å². The molecule has 54 heavy (non-hydrogen) atoms. The zero-order valence-corrected chi connectivity index (χ0v) is 36.5. The molecule has 0 N–H and O–H groups in total. The van der Waals surface area contributed by atoms with Crippen LogP contribution in [0.4, 0.5) is 0 Å². The van der Waals surface area contributed by atoms with Crippen LogP contribution in [-0.2, 0) is 28.6 Å². The van der Waals surface area contributed by atoms with E-state index >= 15 is 0 Å². The van der Waals surface area contributed by atoms with Crippen molar-refractivity contribution in [3.63, 3.8) is 0 Å². The van der Waals surface area contributed by atoms with Crippen LogP contribution < -0.4 is 0 Å². The molecule has 0 aliphatic carbocycles. The van der Waals surface area contributed by atoms with Gasteiger partial charge in [-0.15, -0.1) is 0 Å². The summed E-state index contributed by atoms with van der Waals surface area (Å²) < 4.78 is 16.7. The summed E-state index contributed by atoms with van der Waals surface area (Å²) >= 11 is 0. The normalized spacial score (nSPS) is 11.8. The zero-order chi connectivity index (χ0) is 39.4. The Hall–Kier alpha value is -1.59. The average Bonchev–Trinajstić information content (AvgIpc) is 3.17. The van der Waals surface area contributed by atoms with Crippen molar-refractivity contribution in [2.45, 2.75) is 277 Å². The first kappa shape index (κ1) is 52.4. The van der Waals surface area contributed by atoms with Crippen LogP contribution in [0.15, 0.2) is 0 Å². The summed E-state index contributed by atoms with van der Waals surface area (Å²) in [6.07, 6.45) is 45.2. The molecule has 0 aromatic heterocycles. The van der Waals surface area contributed by atoms with Gasteiger partial charge in [-0.1, -0.05) is 233 Å². The summed E-state index contributed by atoms with van der Waals surface area (Å²) in [6, 6.07) is 0. The Bertz CT molecular complexity index is 798. The summed E-state index contributed by atoms with van der Waals surface area (Å²) in [5.74, 6) is -0.854. The molecule has 6 heteroatoms. The van der Waals surface area contributed by atoms with E-state index in [9.17, 15) is 14.4 Å². The van der Waals surface area contributed by atoms with Crippen molar-refractivity contribution in [2.24, 2.45) is 0 Å². The minimum atomic E-state index is -0.757. The van der Waals surface area contributed by atoms with Gasteiger partial charge in [-0.05, 0) is 19.3 Å². The lowest BCUT2D eigenvalue weighted by Crippen LogP contribution is -2.30. The van der Waals surface area contributed by atoms with Crippen molar-refractivity contribution < 1.29 is 28.6 Å². The van der Waals surface area contributed by atoms with Crippen LogP contribution >= 0.6 is 0 Å². The number of ether oxygens (including phenoxy) is 3. The Kier molecular flexibility index (Phi) is 42.8. The van der Waals surface area contributed by atoms with Crippen LogP contribution in [-0.4, -0.2) is 37.2 Å². The molecule has 0 saturated heterocycles. The highest BCUT2D eigenvalue weighted by atomic mass is 16.6. The van der Waals surface area contributed by atoms with E-state index in [0.29, 0.717) is 19.3 Å². The lowest BCUT2D eigenvalue weighted by Gasteiger charge is -2.18. The van der Waals surface area contributed by atoms with Gasteiger partial charge in [0.25, 0.3) is 0 Å². The standard InChI is InChI=1S/C48H92O6/c1-4-7-10-13-16-18-20-22-23-24-25-26-28-29-32-35-38-41-47(50)53-44-45(43-52-46(49)40-37-34-31-15-12-9-6-3)54-48(51)42-39-36-33-30-27-21-19-17-14-11-8-5-2/h45H,4-44H2,1-3H3.